The maximum absolute atomic E-state index is 13.0. The summed E-state index contributed by atoms with van der Waals surface area (Å²) in [6.45, 7) is 1.13. The van der Waals surface area contributed by atoms with Crippen molar-refractivity contribution in [2.24, 2.45) is 11.3 Å². The molecule has 2 aliphatic rings. The first-order valence-electron chi connectivity index (χ1n) is 8.32. The van der Waals surface area contributed by atoms with Crippen molar-refractivity contribution in [3.63, 3.8) is 0 Å². The fourth-order valence-corrected chi connectivity index (χ4v) is 3.77. The zero-order chi connectivity index (χ0) is 17.6. The van der Waals surface area contributed by atoms with Gasteiger partial charge < -0.3 is 10.0 Å². The number of likely N-dealkylation sites (tertiary alicyclic amines) is 1. The molecule has 2 fully saturated rings. The number of aromatic amines is 1. The van der Waals surface area contributed by atoms with E-state index in [1.54, 1.807) is 23.1 Å². The van der Waals surface area contributed by atoms with Gasteiger partial charge in [-0.15, -0.1) is 0 Å². The molecular formula is C18H18FN3O3. The predicted molar refractivity (Wildman–Crippen MR) is 87.3 cm³/mol. The number of carbonyl (C=O) groups excluding carboxylic acids is 1. The van der Waals surface area contributed by atoms with E-state index >= 15 is 0 Å². The van der Waals surface area contributed by atoms with Crippen LogP contribution in [0.4, 0.5) is 4.39 Å². The Kier molecular flexibility index (Phi) is 3.59. The number of benzene rings is 1. The SMILES string of the molecule is O=C(O)C1CC12CCN(C(=O)c1cc(-c3ccc(F)cc3)n[nH]1)CC2. The number of aliphatic carboxylic acids is 1. The number of halogens is 1. The summed E-state index contributed by atoms with van der Waals surface area (Å²) in [6.07, 6.45) is 2.19. The van der Waals surface area contributed by atoms with Crippen LogP contribution in [0.5, 0.6) is 0 Å². The van der Waals surface area contributed by atoms with E-state index in [9.17, 15) is 14.0 Å². The van der Waals surface area contributed by atoms with Crippen molar-refractivity contribution in [2.75, 3.05) is 13.1 Å². The molecule has 1 saturated heterocycles. The third-order valence-corrected chi connectivity index (χ3v) is 5.48. The van der Waals surface area contributed by atoms with E-state index in [0.717, 1.165) is 24.8 Å². The molecule has 25 heavy (non-hydrogen) atoms. The number of H-pyrrole nitrogens is 1. The Morgan fingerprint density at radius 2 is 1.92 bits per heavy atom. The van der Waals surface area contributed by atoms with Crippen LogP contribution in [0.3, 0.4) is 0 Å². The average molecular weight is 343 g/mol. The predicted octanol–water partition coefficient (Wildman–Crippen LogP) is 2.54. The van der Waals surface area contributed by atoms with Gasteiger partial charge >= 0.3 is 5.97 Å². The topological polar surface area (TPSA) is 86.3 Å². The monoisotopic (exact) mass is 343 g/mol. The molecule has 4 rings (SSSR count). The van der Waals surface area contributed by atoms with Gasteiger partial charge in [0, 0.05) is 18.7 Å². The Morgan fingerprint density at radius 3 is 2.52 bits per heavy atom. The molecule has 130 valence electrons. The number of carboxylic acid groups (broad SMARTS) is 1. The summed E-state index contributed by atoms with van der Waals surface area (Å²) in [4.78, 5) is 25.5. The highest BCUT2D eigenvalue weighted by Gasteiger charge is 2.59. The highest BCUT2D eigenvalue weighted by atomic mass is 19.1. The zero-order valence-corrected chi connectivity index (χ0v) is 13.5. The second kappa shape index (κ2) is 5.68. The number of hydrogen-bond donors (Lipinski definition) is 2. The quantitative estimate of drug-likeness (QED) is 0.897. The maximum Gasteiger partial charge on any atom is 0.307 e. The van der Waals surface area contributed by atoms with E-state index in [2.05, 4.69) is 10.2 Å². The summed E-state index contributed by atoms with van der Waals surface area (Å²) >= 11 is 0. The van der Waals surface area contributed by atoms with E-state index in [0.29, 0.717) is 24.5 Å². The summed E-state index contributed by atoms with van der Waals surface area (Å²) in [5.41, 5.74) is 1.61. The van der Waals surface area contributed by atoms with Crippen molar-refractivity contribution in [2.45, 2.75) is 19.3 Å². The molecule has 1 saturated carbocycles. The molecule has 1 amide bonds. The molecule has 1 aromatic heterocycles. The Labute approximate surface area is 143 Å². The Bertz CT molecular complexity index is 822. The van der Waals surface area contributed by atoms with E-state index in [-0.39, 0.29) is 23.1 Å². The first-order valence-corrected chi connectivity index (χ1v) is 8.32. The van der Waals surface area contributed by atoms with Crippen LogP contribution in [-0.4, -0.2) is 45.2 Å². The standard InChI is InChI=1S/C18H18FN3O3/c19-12-3-1-11(2-4-12)14-9-15(21-20-14)16(23)22-7-5-18(6-8-22)10-13(18)17(24)25/h1-4,9,13H,5-8,10H2,(H,20,21)(H,24,25). The fraction of sp³-hybridized carbons (Fsp3) is 0.389. The van der Waals surface area contributed by atoms with Gasteiger partial charge in [-0.25, -0.2) is 4.39 Å². The number of carboxylic acids is 1. The van der Waals surface area contributed by atoms with E-state index < -0.39 is 5.97 Å². The number of carbonyl (C=O) groups is 2. The van der Waals surface area contributed by atoms with Gasteiger partial charge in [0.1, 0.15) is 11.5 Å². The van der Waals surface area contributed by atoms with Crippen LogP contribution in [0, 0.1) is 17.2 Å². The summed E-state index contributed by atoms with van der Waals surface area (Å²) in [6, 6.07) is 7.60. The number of amides is 1. The molecule has 7 heteroatoms. The lowest BCUT2D eigenvalue weighted by Crippen LogP contribution is -2.40. The third-order valence-electron chi connectivity index (χ3n) is 5.48. The van der Waals surface area contributed by atoms with E-state index in [4.69, 9.17) is 5.11 Å². The second-order valence-corrected chi connectivity index (χ2v) is 6.92. The minimum atomic E-state index is -0.725. The van der Waals surface area contributed by atoms with Crippen molar-refractivity contribution in [1.82, 2.24) is 15.1 Å². The van der Waals surface area contributed by atoms with E-state index in [1.807, 2.05) is 0 Å². The summed E-state index contributed by atoms with van der Waals surface area (Å²) < 4.78 is 13.0. The molecular weight excluding hydrogens is 325 g/mol. The molecule has 1 atom stereocenters. The van der Waals surface area contributed by atoms with Crippen LogP contribution in [0.2, 0.25) is 0 Å². The smallest absolute Gasteiger partial charge is 0.307 e. The lowest BCUT2D eigenvalue weighted by Gasteiger charge is -2.32. The lowest BCUT2D eigenvalue weighted by atomic mass is 9.90. The highest BCUT2D eigenvalue weighted by Crippen LogP contribution is 2.59. The van der Waals surface area contributed by atoms with Gasteiger partial charge in [-0.3, -0.25) is 14.7 Å². The summed E-state index contributed by atoms with van der Waals surface area (Å²) in [5, 5.41) is 16.0. The number of piperidine rings is 1. The van der Waals surface area contributed by atoms with E-state index in [1.165, 1.54) is 12.1 Å². The minimum absolute atomic E-state index is 0.101. The maximum atomic E-state index is 13.0. The van der Waals surface area contributed by atoms with Gasteiger partial charge in [0.15, 0.2) is 0 Å². The summed E-state index contributed by atoms with van der Waals surface area (Å²) in [5.74, 6) is -1.43. The van der Waals surface area contributed by atoms with Crippen LogP contribution < -0.4 is 0 Å². The van der Waals surface area contributed by atoms with Gasteiger partial charge in [0.05, 0.1) is 11.6 Å². The molecule has 1 aliphatic heterocycles. The number of nitrogens with one attached hydrogen (secondary N) is 1. The molecule has 1 unspecified atom stereocenters. The molecule has 0 radical (unpaired) electrons. The van der Waals surface area contributed by atoms with Crippen LogP contribution in [0.25, 0.3) is 11.3 Å². The lowest BCUT2D eigenvalue weighted by molar-refractivity contribution is -0.139. The van der Waals surface area contributed by atoms with Crippen molar-refractivity contribution < 1.29 is 19.1 Å². The largest absolute Gasteiger partial charge is 0.481 e. The molecule has 6 nitrogen and oxygen atoms in total. The van der Waals surface area contributed by atoms with Crippen LogP contribution in [0.15, 0.2) is 30.3 Å². The third kappa shape index (κ3) is 2.79. The second-order valence-electron chi connectivity index (χ2n) is 6.92. The van der Waals surface area contributed by atoms with Gasteiger partial charge in [-0.2, -0.15) is 5.10 Å². The fourth-order valence-electron chi connectivity index (χ4n) is 3.77. The summed E-state index contributed by atoms with van der Waals surface area (Å²) in [7, 11) is 0. The van der Waals surface area contributed by atoms with Crippen LogP contribution >= 0.6 is 0 Å². The van der Waals surface area contributed by atoms with Gasteiger partial charge in [0.2, 0.25) is 0 Å². The Hall–Kier alpha value is -2.70. The minimum Gasteiger partial charge on any atom is -0.481 e. The Balaban J connectivity index is 1.42. The molecule has 0 bridgehead atoms. The van der Waals surface area contributed by atoms with Gasteiger partial charge in [-0.05, 0) is 55.0 Å². The first-order chi connectivity index (χ1) is 12.0. The average Bonchev–Trinajstić information content (AvgIpc) is 3.09. The Morgan fingerprint density at radius 1 is 1.24 bits per heavy atom. The van der Waals surface area contributed by atoms with Crippen molar-refractivity contribution in [3.8, 4) is 11.3 Å². The van der Waals surface area contributed by atoms with Crippen molar-refractivity contribution in [1.29, 1.82) is 0 Å². The molecule has 1 aromatic carbocycles. The first kappa shape index (κ1) is 15.8. The van der Waals surface area contributed by atoms with Crippen LogP contribution in [0.1, 0.15) is 29.8 Å². The van der Waals surface area contributed by atoms with Gasteiger partial charge in [-0.1, -0.05) is 0 Å². The number of hydrogen-bond acceptors (Lipinski definition) is 3. The van der Waals surface area contributed by atoms with Crippen molar-refractivity contribution >= 4 is 11.9 Å². The molecule has 2 heterocycles. The molecule has 1 aliphatic carbocycles. The molecule has 1 spiro atoms. The number of rotatable bonds is 3. The highest BCUT2D eigenvalue weighted by molar-refractivity contribution is 5.93. The van der Waals surface area contributed by atoms with Crippen LogP contribution in [-0.2, 0) is 4.79 Å². The van der Waals surface area contributed by atoms with Gasteiger partial charge in [0.25, 0.3) is 5.91 Å². The van der Waals surface area contributed by atoms with Crippen molar-refractivity contribution in [3.05, 3.63) is 41.8 Å². The molecule has 2 aromatic rings. The number of aromatic nitrogens is 2. The molecule has 2 N–H and O–H groups in total. The normalized spacial score (nSPS) is 21.3. The zero-order valence-electron chi connectivity index (χ0n) is 13.5. The number of nitrogens with zero attached hydrogens (tertiary/aromatic N) is 2.